The van der Waals surface area contributed by atoms with Crippen molar-refractivity contribution in [3.63, 3.8) is 0 Å². The summed E-state index contributed by atoms with van der Waals surface area (Å²) in [5.41, 5.74) is 0. The summed E-state index contributed by atoms with van der Waals surface area (Å²) in [6.07, 6.45) is 2.33. The van der Waals surface area contributed by atoms with Crippen LogP contribution < -0.4 is 0 Å². The summed E-state index contributed by atoms with van der Waals surface area (Å²) in [5, 5.41) is 0. The van der Waals surface area contributed by atoms with Gasteiger partial charge in [-0.05, 0) is 39.1 Å². The lowest BCUT2D eigenvalue weighted by Gasteiger charge is -2.22. The molecule has 1 aromatic rings. The molecule has 0 fully saturated rings. The van der Waals surface area contributed by atoms with Gasteiger partial charge < -0.3 is 9.15 Å². The largest absolute Gasteiger partial charge is 0.463 e. The Morgan fingerprint density at radius 3 is 2.82 bits per heavy atom. The summed E-state index contributed by atoms with van der Waals surface area (Å²) in [5.74, 6) is 0.627. The number of rotatable bonds is 6. The van der Waals surface area contributed by atoms with Crippen LogP contribution >= 0.6 is 0 Å². The van der Waals surface area contributed by atoms with Crippen molar-refractivity contribution in [1.82, 2.24) is 4.90 Å². The normalized spacial score (nSPS) is 12.8. The Morgan fingerprint density at radius 1 is 1.53 bits per heavy atom. The van der Waals surface area contributed by atoms with Crippen LogP contribution in [-0.4, -0.2) is 31.6 Å². The number of hydrogen-bond acceptors (Lipinski definition) is 4. The first-order chi connectivity index (χ1) is 8.10. The number of ether oxygens (including phenoxy) is 1. The molecule has 0 aliphatic heterocycles. The first-order valence-corrected chi connectivity index (χ1v) is 5.98. The number of methoxy groups -OCH3 is 1. The zero-order chi connectivity index (χ0) is 12.8. The highest BCUT2D eigenvalue weighted by Gasteiger charge is 2.17. The first-order valence-electron chi connectivity index (χ1n) is 5.98. The molecule has 0 aliphatic carbocycles. The average molecular weight is 239 g/mol. The van der Waals surface area contributed by atoms with Crippen molar-refractivity contribution in [3.8, 4) is 0 Å². The fourth-order valence-electron chi connectivity index (χ4n) is 1.61. The van der Waals surface area contributed by atoms with Crippen LogP contribution in [0.15, 0.2) is 16.5 Å². The van der Waals surface area contributed by atoms with E-state index in [2.05, 4.69) is 30.5 Å². The standard InChI is InChI=1S/C13H21NO3/c1-5-6-9-14(3)10(2)11-7-8-12(17-11)13(15)16-4/h7-8,10H,5-6,9H2,1-4H3. The molecule has 0 spiro atoms. The molecule has 0 N–H and O–H groups in total. The lowest BCUT2D eigenvalue weighted by Crippen LogP contribution is -2.23. The van der Waals surface area contributed by atoms with Crippen molar-refractivity contribution < 1.29 is 13.9 Å². The molecule has 0 saturated heterocycles. The van der Waals surface area contributed by atoms with E-state index < -0.39 is 5.97 Å². The van der Waals surface area contributed by atoms with E-state index in [1.165, 1.54) is 13.5 Å². The average Bonchev–Trinajstić information content (AvgIpc) is 2.83. The SMILES string of the molecule is CCCCN(C)C(C)c1ccc(C(=O)OC)o1. The third-order valence-electron chi connectivity index (χ3n) is 2.95. The summed E-state index contributed by atoms with van der Waals surface area (Å²) in [6, 6.07) is 3.66. The maximum Gasteiger partial charge on any atom is 0.373 e. The van der Waals surface area contributed by atoms with Gasteiger partial charge in [0.15, 0.2) is 0 Å². The maximum absolute atomic E-state index is 11.3. The van der Waals surface area contributed by atoms with E-state index in [0.717, 1.165) is 18.7 Å². The molecule has 1 heterocycles. The second-order valence-corrected chi connectivity index (χ2v) is 4.20. The van der Waals surface area contributed by atoms with Gasteiger partial charge in [0.05, 0.1) is 13.2 Å². The van der Waals surface area contributed by atoms with E-state index in [-0.39, 0.29) is 11.8 Å². The number of carbonyl (C=O) groups excluding carboxylic acids is 1. The van der Waals surface area contributed by atoms with Crippen LogP contribution in [0.3, 0.4) is 0 Å². The maximum atomic E-state index is 11.3. The molecule has 4 nitrogen and oxygen atoms in total. The molecule has 0 amide bonds. The molecule has 0 aliphatic rings. The van der Waals surface area contributed by atoms with Crippen LogP contribution in [0.5, 0.6) is 0 Å². The highest BCUT2D eigenvalue weighted by atomic mass is 16.5. The lowest BCUT2D eigenvalue weighted by atomic mass is 10.2. The molecule has 0 aromatic carbocycles. The fraction of sp³-hybridized carbons (Fsp3) is 0.615. The van der Waals surface area contributed by atoms with E-state index in [1.54, 1.807) is 6.07 Å². The van der Waals surface area contributed by atoms with Crippen LogP contribution in [0.2, 0.25) is 0 Å². The number of unbranched alkanes of at least 4 members (excludes halogenated alkanes) is 1. The minimum absolute atomic E-state index is 0.167. The van der Waals surface area contributed by atoms with Crippen molar-refractivity contribution in [2.75, 3.05) is 20.7 Å². The van der Waals surface area contributed by atoms with Crippen molar-refractivity contribution in [1.29, 1.82) is 0 Å². The van der Waals surface area contributed by atoms with Gasteiger partial charge >= 0.3 is 5.97 Å². The molecule has 17 heavy (non-hydrogen) atoms. The summed E-state index contributed by atoms with van der Waals surface area (Å²) in [7, 11) is 3.40. The third kappa shape index (κ3) is 3.60. The molecule has 0 bridgehead atoms. The van der Waals surface area contributed by atoms with Crippen molar-refractivity contribution >= 4 is 5.97 Å². The van der Waals surface area contributed by atoms with E-state index in [4.69, 9.17) is 4.42 Å². The summed E-state index contributed by atoms with van der Waals surface area (Å²) >= 11 is 0. The predicted octanol–water partition coefficient (Wildman–Crippen LogP) is 2.86. The number of hydrogen-bond donors (Lipinski definition) is 0. The van der Waals surface area contributed by atoms with E-state index in [1.807, 2.05) is 6.07 Å². The van der Waals surface area contributed by atoms with Crippen LogP contribution in [0.25, 0.3) is 0 Å². The number of carbonyl (C=O) groups is 1. The Kier molecular flexibility index (Phi) is 5.22. The minimum atomic E-state index is -0.431. The van der Waals surface area contributed by atoms with Crippen molar-refractivity contribution in [2.45, 2.75) is 32.7 Å². The van der Waals surface area contributed by atoms with Gasteiger partial charge in [-0.15, -0.1) is 0 Å². The summed E-state index contributed by atoms with van der Waals surface area (Å²) in [4.78, 5) is 13.5. The van der Waals surface area contributed by atoms with Gasteiger partial charge in [0, 0.05) is 0 Å². The van der Waals surface area contributed by atoms with Crippen LogP contribution in [-0.2, 0) is 4.74 Å². The number of furan rings is 1. The quantitative estimate of drug-likeness (QED) is 0.716. The number of nitrogens with zero attached hydrogens (tertiary/aromatic N) is 1. The topological polar surface area (TPSA) is 42.7 Å². The second-order valence-electron chi connectivity index (χ2n) is 4.20. The van der Waals surface area contributed by atoms with Crippen LogP contribution in [0.4, 0.5) is 0 Å². The summed E-state index contributed by atoms with van der Waals surface area (Å²) < 4.78 is 10.1. The van der Waals surface area contributed by atoms with Crippen LogP contribution in [0, 0.1) is 0 Å². The minimum Gasteiger partial charge on any atom is -0.463 e. The zero-order valence-electron chi connectivity index (χ0n) is 11.0. The van der Waals surface area contributed by atoms with Gasteiger partial charge in [0.1, 0.15) is 5.76 Å². The molecular formula is C13H21NO3. The van der Waals surface area contributed by atoms with Gasteiger partial charge in [-0.2, -0.15) is 0 Å². The Hall–Kier alpha value is -1.29. The van der Waals surface area contributed by atoms with Gasteiger partial charge in [-0.25, -0.2) is 4.79 Å². The highest BCUT2D eigenvalue weighted by molar-refractivity contribution is 5.86. The Labute approximate surface area is 103 Å². The van der Waals surface area contributed by atoms with E-state index in [9.17, 15) is 4.79 Å². The monoisotopic (exact) mass is 239 g/mol. The predicted molar refractivity (Wildman–Crippen MR) is 66.0 cm³/mol. The molecular weight excluding hydrogens is 218 g/mol. The van der Waals surface area contributed by atoms with Gasteiger partial charge in [0.2, 0.25) is 5.76 Å². The molecule has 1 unspecified atom stereocenters. The smallest absolute Gasteiger partial charge is 0.373 e. The van der Waals surface area contributed by atoms with E-state index in [0.29, 0.717) is 0 Å². The molecule has 1 atom stereocenters. The molecule has 4 heteroatoms. The van der Waals surface area contributed by atoms with E-state index >= 15 is 0 Å². The van der Waals surface area contributed by atoms with Gasteiger partial charge in [0.25, 0.3) is 0 Å². The van der Waals surface area contributed by atoms with Crippen LogP contribution in [0.1, 0.15) is 49.0 Å². The fourth-order valence-corrected chi connectivity index (χ4v) is 1.61. The molecule has 0 radical (unpaired) electrons. The van der Waals surface area contributed by atoms with Gasteiger partial charge in [-0.3, -0.25) is 4.90 Å². The zero-order valence-corrected chi connectivity index (χ0v) is 11.0. The van der Waals surface area contributed by atoms with Crippen molar-refractivity contribution in [3.05, 3.63) is 23.7 Å². The van der Waals surface area contributed by atoms with Crippen molar-refractivity contribution in [2.24, 2.45) is 0 Å². The lowest BCUT2D eigenvalue weighted by molar-refractivity contribution is 0.0559. The Balaban J connectivity index is 2.65. The Morgan fingerprint density at radius 2 is 2.24 bits per heavy atom. The number of esters is 1. The molecule has 96 valence electrons. The molecule has 0 saturated carbocycles. The molecule has 1 rings (SSSR count). The second kappa shape index (κ2) is 6.45. The first kappa shape index (κ1) is 13.8. The third-order valence-corrected chi connectivity index (χ3v) is 2.95. The highest BCUT2D eigenvalue weighted by Crippen LogP contribution is 2.21. The Bertz CT molecular complexity index is 359. The summed E-state index contributed by atoms with van der Waals surface area (Å²) in [6.45, 7) is 5.25. The van der Waals surface area contributed by atoms with Gasteiger partial charge in [-0.1, -0.05) is 13.3 Å². The molecule has 1 aromatic heterocycles.